The van der Waals surface area contributed by atoms with Crippen LogP contribution >= 0.6 is 11.6 Å². The summed E-state index contributed by atoms with van der Waals surface area (Å²) in [4.78, 5) is 9.08. The summed E-state index contributed by atoms with van der Waals surface area (Å²) >= 11 is 6.34. The van der Waals surface area contributed by atoms with Gasteiger partial charge in [-0.25, -0.2) is 4.98 Å². The van der Waals surface area contributed by atoms with E-state index in [2.05, 4.69) is 35.6 Å². The summed E-state index contributed by atoms with van der Waals surface area (Å²) in [5, 5.41) is 9.86. The van der Waals surface area contributed by atoms with Crippen molar-refractivity contribution in [3.63, 3.8) is 0 Å². The van der Waals surface area contributed by atoms with Crippen molar-refractivity contribution >= 4 is 23.4 Å². The van der Waals surface area contributed by atoms with Crippen LogP contribution in [0.5, 0.6) is 0 Å². The lowest BCUT2D eigenvalue weighted by atomic mass is 10.0. The van der Waals surface area contributed by atoms with Gasteiger partial charge < -0.3 is 19.3 Å². The van der Waals surface area contributed by atoms with Crippen molar-refractivity contribution in [2.45, 2.75) is 18.6 Å². The molecule has 1 aromatic carbocycles. The molecule has 1 spiro atoms. The van der Waals surface area contributed by atoms with Gasteiger partial charge in [0.1, 0.15) is 11.6 Å². The molecule has 5 heterocycles. The zero-order chi connectivity index (χ0) is 20.8. The average Bonchev–Trinajstić information content (AvgIpc) is 3.39. The maximum absolute atomic E-state index is 6.34. The zero-order valence-corrected chi connectivity index (χ0v) is 17.8. The van der Waals surface area contributed by atoms with Gasteiger partial charge in [-0.15, -0.1) is 10.2 Å². The summed E-state index contributed by atoms with van der Waals surface area (Å²) in [6, 6.07) is 12.0. The topological polar surface area (TPSA) is 68.5 Å². The van der Waals surface area contributed by atoms with Gasteiger partial charge in [0.05, 0.1) is 25.3 Å². The molecule has 6 rings (SSSR count). The largest absolute Gasteiger partial charge is 0.353 e. The molecule has 0 unspecified atom stereocenters. The van der Waals surface area contributed by atoms with Crippen LogP contribution in [0.25, 0.3) is 5.69 Å². The van der Waals surface area contributed by atoms with E-state index in [-0.39, 0.29) is 0 Å². The van der Waals surface area contributed by atoms with Crippen LogP contribution in [-0.2, 0) is 22.3 Å². The minimum absolute atomic E-state index is 0.556. The molecule has 3 aromatic rings. The van der Waals surface area contributed by atoms with Gasteiger partial charge in [-0.05, 0) is 35.9 Å². The van der Waals surface area contributed by atoms with E-state index in [0.29, 0.717) is 31.1 Å². The fourth-order valence-corrected chi connectivity index (χ4v) is 4.95. The number of hydrogen-bond acceptors (Lipinski definition) is 7. The Balaban J connectivity index is 1.34. The van der Waals surface area contributed by atoms with E-state index >= 15 is 0 Å². The van der Waals surface area contributed by atoms with E-state index in [0.717, 1.165) is 55.0 Å². The number of aromatic nitrogens is 4. The second-order valence-electron chi connectivity index (χ2n) is 8.15. The molecule has 2 aromatic heterocycles. The Kier molecular flexibility index (Phi) is 4.59. The molecule has 8 nitrogen and oxygen atoms in total. The summed E-state index contributed by atoms with van der Waals surface area (Å²) in [6.45, 7) is 4.62. The predicted octanol–water partition coefficient (Wildman–Crippen LogP) is 2.48. The van der Waals surface area contributed by atoms with Crippen molar-refractivity contribution in [3.8, 4) is 5.69 Å². The minimum Gasteiger partial charge on any atom is -0.353 e. The van der Waals surface area contributed by atoms with Gasteiger partial charge >= 0.3 is 0 Å². The number of halogens is 1. The first-order valence-corrected chi connectivity index (χ1v) is 11.0. The summed E-state index contributed by atoms with van der Waals surface area (Å²) in [7, 11) is 0. The van der Waals surface area contributed by atoms with Crippen molar-refractivity contribution in [2.75, 3.05) is 49.2 Å². The number of rotatable bonds is 2. The third-order valence-corrected chi connectivity index (χ3v) is 6.47. The molecule has 3 aliphatic heterocycles. The quantitative estimate of drug-likeness (QED) is 0.608. The van der Waals surface area contributed by atoms with Crippen LogP contribution < -0.4 is 9.80 Å². The van der Waals surface area contributed by atoms with Crippen LogP contribution in [0.1, 0.15) is 11.4 Å². The molecule has 2 fully saturated rings. The number of hydrogen-bond donors (Lipinski definition) is 0. The lowest BCUT2D eigenvalue weighted by Gasteiger charge is -2.35. The monoisotopic (exact) mass is 438 g/mol. The Morgan fingerprint density at radius 3 is 2.48 bits per heavy atom. The standard InChI is InChI=1S/C22H23ClN6O2/c23-17-4-5-18-16(13-17)14-22(30-11-12-31-22)15-20-25-26-21(29(18)20)28-9-7-27(8-10-28)19-3-1-2-6-24-19/h1-6,13H,7-12,14-15H2. The van der Waals surface area contributed by atoms with Crippen LogP contribution in [0.15, 0.2) is 42.6 Å². The van der Waals surface area contributed by atoms with Crippen molar-refractivity contribution in [3.05, 3.63) is 59.0 Å². The minimum atomic E-state index is -0.699. The molecule has 0 aliphatic carbocycles. The van der Waals surface area contributed by atoms with Crippen LogP contribution in [0, 0.1) is 0 Å². The molecule has 0 N–H and O–H groups in total. The second kappa shape index (κ2) is 7.47. The first-order valence-electron chi connectivity index (χ1n) is 10.6. The first-order chi connectivity index (χ1) is 15.2. The summed E-state index contributed by atoms with van der Waals surface area (Å²) < 4.78 is 14.3. The van der Waals surface area contributed by atoms with Gasteiger partial charge in [0, 0.05) is 43.8 Å². The third-order valence-electron chi connectivity index (χ3n) is 6.23. The van der Waals surface area contributed by atoms with E-state index in [1.807, 2.05) is 36.5 Å². The smallest absolute Gasteiger partial charge is 0.232 e. The van der Waals surface area contributed by atoms with Crippen LogP contribution in [0.4, 0.5) is 11.8 Å². The van der Waals surface area contributed by atoms with Crippen LogP contribution in [0.3, 0.4) is 0 Å². The number of benzene rings is 1. The van der Waals surface area contributed by atoms with Crippen molar-refractivity contribution < 1.29 is 9.47 Å². The third kappa shape index (κ3) is 3.35. The maximum atomic E-state index is 6.34. The van der Waals surface area contributed by atoms with E-state index in [9.17, 15) is 0 Å². The number of pyridine rings is 1. The first kappa shape index (κ1) is 19.0. The summed E-state index contributed by atoms with van der Waals surface area (Å²) in [5.74, 6) is 2.02. The molecular weight excluding hydrogens is 416 g/mol. The van der Waals surface area contributed by atoms with E-state index in [1.165, 1.54) is 0 Å². The van der Waals surface area contributed by atoms with E-state index < -0.39 is 5.79 Å². The normalized spacial score (nSPS) is 19.9. The lowest BCUT2D eigenvalue weighted by Crippen LogP contribution is -2.47. The zero-order valence-electron chi connectivity index (χ0n) is 17.1. The Labute approximate surface area is 185 Å². The molecule has 9 heteroatoms. The summed E-state index contributed by atoms with van der Waals surface area (Å²) in [6.07, 6.45) is 3.03. The SMILES string of the molecule is Clc1ccc2c(c1)CC1(Cc3nnc(N4CCN(c5ccccn5)CC4)n3-2)OCCO1. The van der Waals surface area contributed by atoms with Gasteiger partial charge in [-0.3, -0.25) is 4.57 Å². The maximum Gasteiger partial charge on any atom is 0.232 e. The van der Waals surface area contributed by atoms with Gasteiger partial charge in [0.2, 0.25) is 5.95 Å². The van der Waals surface area contributed by atoms with Crippen molar-refractivity contribution in [2.24, 2.45) is 0 Å². The fraction of sp³-hybridized carbons (Fsp3) is 0.409. The average molecular weight is 439 g/mol. The molecule has 2 saturated heterocycles. The molecular formula is C22H23ClN6O2. The Hall–Kier alpha value is -2.68. The molecule has 31 heavy (non-hydrogen) atoms. The second-order valence-corrected chi connectivity index (χ2v) is 8.58. The van der Waals surface area contributed by atoms with Crippen molar-refractivity contribution in [1.82, 2.24) is 19.7 Å². The van der Waals surface area contributed by atoms with Crippen LogP contribution in [0.2, 0.25) is 5.02 Å². The highest BCUT2D eigenvalue weighted by Gasteiger charge is 2.42. The fourth-order valence-electron chi connectivity index (χ4n) is 4.76. The predicted molar refractivity (Wildman–Crippen MR) is 117 cm³/mol. The van der Waals surface area contributed by atoms with Gasteiger partial charge in [-0.1, -0.05) is 17.7 Å². The molecule has 0 atom stereocenters. The van der Waals surface area contributed by atoms with Gasteiger partial charge in [0.15, 0.2) is 5.79 Å². The lowest BCUT2D eigenvalue weighted by molar-refractivity contribution is -0.155. The van der Waals surface area contributed by atoms with Crippen molar-refractivity contribution in [1.29, 1.82) is 0 Å². The number of fused-ring (bicyclic) bond motifs is 3. The molecule has 160 valence electrons. The molecule has 0 bridgehead atoms. The molecule has 0 radical (unpaired) electrons. The van der Waals surface area contributed by atoms with Gasteiger partial charge in [0.25, 0.3) is 0 Å². The highest BCUT2D eigenvalue weighted by Crippen LogP contribution is 2.37. The highest BCUT2D eigenvalue weighted by molar-refractivity contribution is 6.30. The number of nitrogens with zero attached hydrogens (tertiary/aromatic N) is 6. The molecule has 0 saturated carbocycles. The molecule has 0 amide bonds. The highest BCUT2D eigenvalue weighted by atomic mass is 35.5. The van der Waals surface area contributed by atoms with Gasteiger partial charge in [-0.2, -0.15) is 0 Å². The summed E-state index contributed by atoms with van der Waals surface area (Å²) in [5.41, 5.74) is 2.13. The number of ether oxygens (including phenoxy) is 2. The van der Waals surface area contributed by atoms with E-state index in [4.69, 9.17) is 21.1 Å². The van der Waals surface area contributed by atoms with E-state index in [1.54, 1.807) is 0 Å². The van der Waals surface area contributed by atoms with Crippen LogP contribution in [-0.4, -0.2) is 64.9 Å². The Bertz CT molecular complexity index is 1090. The number of anilines is 2. The molecule has 3 aliphatic rings. The Morgan fingerprint density at radius 2 is 1.71 bits per heavy atom. The Morgan fingerprint density at radius 1 is 0.903 bits per heavy atom. The number of piperazine rings is 1.